The molecule has 3 rings (SSSR count). The van der Waals surface area contributed by atoms with E-state index < -0.39 is 5.82 Å². The summed E-state index contributed by atoms with van der Waals surface area (Å²) < 4.78 is 16.3. The molecule has 0 fully saturated rings. The predicted molar refractivity (Wildman–Crippen MR) is 65.7 cm³/mol. The third-order valence-corrected chi connectivity index (χ3v) is 2.66. The minimum absolute atomic E-state index is 0.0539. The van der Waals surface area contributed by atoms with Crippen molar-refractivity contribution >= 4 is 5.69 Å². The molecule has 0 bridgehead atoms. The number of rotatable bonds is 2. The van der Waals surface area contributed by atoms with Gasteiger partial charge in [0.05, 0.1) is 18.1 Å². The van der Waals surface area contributed by atoms with E-state index in [-0.39, 0.29) is 5.69 Å². The van der Waals surface area contributed by atoms with E-state index in [4.69, 9.17) is 5.73 Å². The van der Waals surface area contributed by atoms with Crippen molar-refractivity contribution in [1.29, 1.82) is 0 Å². The standard InChI is InChI=1S/C11H10FN7/c1-18-6-8(5-14-18)19-11(15-16-17-19)7-2-3-9(12)10(13)4-7/h2-6H,13H2,1H3. The predicted octanol–water partition coefficient (Wildman–Crippen LogP) is 0.784. The Bertz CT molecular complexity index is 730. The molecule has 96 valence electrons. The van der Waals surface area contributed by atoms with Gasteiger partial charge in [-0.2, -0.15) is 9.78 Å². The SMILES string of the molecule is Cn1cc(-n2nnnc2-c2ccc(F)c(N)c2)cn1. The molecule has 0 unspecified atom stereocenters. The summed E-state index contributed by atoms with van der Waals surface area (Å²) in [6.07, 6.45) is 3.40. The number of hydrogen-bond donors (Lipinski definition) is 1. The van der Waals surface area contributed by atoms with Gasteiger partial charge in [-0.05, 0) is 28.6 Å². The van der Waals surface area contributed by atoms with Crippen LogP contribution in [0.1, 0.15) is 0 Å². The summed E-state index contributed by atoms with van der Waals surface area (Å²) in [7, 11) is 1.80. The largest absolute Gasteiger partial charge is 0.396 e. The summed E-state index contributed by atoms with van der Waals surface area (Å²) >= 11 is 0. The fourth-order valence-corrected chi connectivity index (χ4v) is 1.74. The summed E-state index contributed by atoms with van der Waals surface area (Å²) in [6, 6.07) is 4.35. The van der Waals surface area contributed by atoms with Crippen LogP contribution in [-0.2, 0) is 7.05 Å². The van der Waals surface area contributed by atoms with E-state index in [9.17, 15) is 4.39 Å². The van der Waals surface area contributed by atoms with Gasteiger partial charge in [-0.25, -0.2) is 4.39 Å². The maximum absolute atomic E-state index is 13.2. The molecule has 2 heterocycles. The van der Waals surface area contributed by atoms with Crippen molar-refractivity contribution in [2.45, 2.75) is 0 Å². The first kappa shape index (κ1) is 11.3. The van der Waals surface area contributed by atoms with Crippen LogP contribution in [0.3, 0.4) is 0 Å². The number of tetrazole rings is 1. The second kappa shape index (κ2) is 4.16. The Labute approximate surface area is 107 Å². The van der Waals surface area contributed by atoms with Crippen molar-refractivity contribution in [2.75, 3.05) is 5.73 Å². The topological polar surface area (TPSA) is 87.4 Å². The molecule has 0 atom stereocenters. The maximum atomic E-state index is 13.2. The zero-order valence-electron chi connectivity index (χ0n) is 10.0. The summed E-state index contributed by atoms with van der Waals surface area (Å²) in [4.78, 5) is 0. The van der Waals surface area contributed by atoms with Gasteiger partial charge in [-0.1, -0.05) is 0 Å². The van der Waals surface area contributed by atoms with E-state index >= 15 is 0 Å². The van der Waals surface area contributed by atoms with Gasteiger partial charge >= 0.3 is 0 Å². The zero-order valence-corrected chi connectivity index (χ0v) is 10.0. The molecule has 0 aliphatic rings. The summed E-state index contributed by atoms with van der Waals surface area (Å²) in [5.74, 6) is 0.00357. The van der Waals surface area contributed by atoms with Crippen molar-refractivity contribution in [3.05, 3.63) is 36.4 Å². The maximum Gasteiger partial charge on any atom is 0.187 e. The Hall–Kier alpha value is -2.77. The fraction of sp³-hybridized carbons (Fsp3) is 0.0909. The summed E-state index contributed by atoms with van der Waals surface area (Å²) in [6.45, 7) is 0. The first-order valence-corrected chi connectivity index (χ1v) is 5.48. The Kier molecular flexibility index (Phi) is 2.48. The van der Waals surface area contributed by atoms with Crippen molar-refractivity contribution in [3.8, 4) is 17.1 Å². The first-order chi connectivity index (χ1) is 9.15. The highest BCUT2D eigenvalue weighted by atomic mass is 19.1. The number of hydrogen-bond acceptors (Lipinski definition) is 5. The lowest BCUT2D eigenvalue weighted by Gasteiger charge is -2.03. The van der Waals surface area contributed by atoms with Gasteiger partial charge in [0.1, 0.15) is 11.5 Å². The van der Waals surface area contributed by atoms with E-state index in [2.05, 4.69) is 20.6 Å². The van der Waals surface area contributed by atoms with Crippen molar-refractivity contribution in [3.63, 3.8) is 0 Å². The molecule has 3 aromatic rings. The average molecular weight is 259 g/mol. The van der Waals surface area contributed by atoms with E-state index in [1.165, 1.54) is 16.8 Å². The molecular weight excluding hydrogens is 249 g/mol. The lowest BCUT2D eigenvalue weighted by molar-refractivity contribution is 0.632. The van der Waals surface area contributed by atoms with Gasteiger partial charge in [0.15, 0.2) is 5.82 Å². The van der Waals surface area contributed by atoms with E-state index in [0.717, 1.165) is 0 Å². The molecular formula is C11H10FN7. The highest BCUT2D eigenvalue weighted by Crippen LogP contribution is 2.22. The van der Waals surface area contributed by atoms with Gasteiger partial charge in [-0.3, -0.25) is 4.68 Å². The summed E-state index contributed by atoms with van der Waals surface area (Å²) in [5.41, 5.74) is 6.95. The number of aromatic nitrogens is 6. The van der Waals surface area contributed by atoms with Crippen LogP contribution in [0.2, 0.25) is 0 Å². The average Bonchev–Trinajstić information content (AvgIpc) is 3.00. The number of aryl methyl sites for hydroxylation is 1. The fourth-order valence-electron chi connectivity index (χ4n) is 1.74. The van der Waals surface area contributed by atoms with Crippen LogP contribution in [-0.4, -0.2) is 30.0 Å². The van der Waals surface area contributed by atoms with Crippen molar-refractivity contribution in [1.82, 2.24) is 30.0 Å². The van der Waals surface area contributed by atoms with Crippen molar-refractivity contribution < 1.29 is 4.39 Å². The van der Waals surface area contributed by atoms with Crippen LogP contribution in [0.5, 0.6) is 0 Å². The number of nitrogens with two attached hydrogens (primary N) is 1. The van der Waals surface area contributed by atoms with Gasteiger partial charge in [0.2, 0.25) is 0 Å². The van der Waals surface area contributed by atoms with Gasteiger partial charge in [0.25, 0.3) is 0 Å². The van der Waals surface area contributed by atoms with Gasteiger partial charge in [-0.15, -0.1) is 5.10 Å². The van der Waals surface area contributed by atoms with Crippen molar-refractivity contribution in [2.24, 2.45) is 7.05 Å². The van der Waals surface area contributed by atoms with Gasteiger partial charge in [0, 0.05) is 12.6 Å². The number of benzene rings is 1. The van der Waals surface area contributed by atoms with E-state index in [1.807, 2.05) is 0 Å². The first-order valence-electron chi connectivity index (χ1n) is 5.48. The second-order valence-electron chi connectivity index (χ2n) is 4.02. The Morgan fingerprint density at radius 1 is 1.32 bits per heavy atom. The molecule has 0 spiro atoms. The van der Waals surface area contributed by atoms with Crippen LogP contribution in [0.15, 0.2) is 30.6 Å². The van der Waals surface area contributed by atoms with Crippen LogP contribution < -0.4 is 5.73 Å². The molecule has 0 saturated carbocycles. The number of halogens is 1. The molecule has 0 aliphatic heterocycles. The Morgan fingerprint density at radius 2 is 2.16 bits per heavy atom. The monoisotopic (exact) mass is 259 g/mol. The third kappa shape index (κ3) is 1.92. The highest BCUT2D eigenvalue weighted by Gasteiger charge is 2.13. The number of anilines is 1. The molecule has 0 saturated heterocycles. The Balaban J connectivity index is 2.11. The quantitative estimate of drug-likeness (QED) is 0.687. The summed E-state index contributed by atoms with van der Waals surface area (Å²) in [5, 5.41) is 15.5. The second-order valence-corrected chi connectivity index (χ2v) is 4.02. The molecule has 2 aromatic heterocycles. The molecule has 1 aromatic carbocycles. The molecule has 2 N–H and O–H groups in total. The minimum Gasteiger partial charge on any atom is -0.396 e. The molecule has 8 heteroatoms. The normalized spacial score (nSPS) is 10.8. The lowest BCUT2D eigenvalue weighted by atomic mass is 10.2. The zero-order chi connectivity index (χ0) is 13.4. The van der Waals surface area contributed by atoms with Gasteiger partial charge < -0.3 is 5.73 Å². The van der Waals surface area contributed by atoms with E-state index in [0.29, 0.717) is 17.1 Å². The molecule has 19 heavy (non-hydrogen) atoms. The van der Waals surface area contributed by atoms with Crippen LogP contribution in [0.25, 0.3) is 17.1 Å². The lowest BCUT2D eigenvalue weighted by Crippen LogP contribution is -1.99. The third-order valence-electron chi connectivity index (χ3n) is 2.66. The molecule has 0 amide bonds. The van der Waals surface area contributed by atoms with Crippen LogP contribution in [0.4, 0.5) is 10.1 Å². The smallest absolute Gasteiger partial charge is 0.187 e. The van der Waals surface area contributed by atoms with Crippen LogP contribution in [0, 0.1) is 5.82 Å². The Morgan fingerprint density at radius 3 is 2.84 bits per heavy atom. The number of nitrogen functional groups attached to an aromatic ring is 1. The minimum atomic E-state index is -0.468. The molecule has 7 nitrogen and oxygen atoms in total. The molecule has 0 radical (unpaired) electrons. The van der Waals surface area contributed by atoms with Crippen LogP contribution >= 0.6 is 0 Å². The molecule has 0 aliphatic carbocycles. The highest BCUT2D eigenvalue weighted by molar-refractivity contribution is 5.62. The van der Waals surface area contributed by atoms with E-state index in [1.54, 1.807) is 30.2 Å². The number of nitrogens with zero attached hydrogens (tertiary/aromatic N) is 6.